The topological polar surface area (TPSA) is 154 Å². The number of carbonyl (C=O) groups is 3. The molecule has 3 rings (SSSR count). The number of nitro groups is 1. The molecule has 0 saturated heterocycles. The molecule has 1 aromatic heterocycles. The van der Waals surface area contributed by atoms with E-state index in [2.05, 4.69) is 15.8 Å². The van der Waals surface area contributed by atoms with Gasteiger partial charge in [-0.05, 0) is 19.1 Å². The van der Waals surface area contributed by atoms with Crippen LogP contribution in [0.15, 0.2) is 59.1 Å². The molecule has 2 N–H and O–H groups in total. The van der Waals surface area contributed by atoms with Crippen LogP contribution in [0.5, 0.6) is 0 Å². The van der Waals surface area contributed by atoms with Crippen molar-refractivity contribution in [3.8, 4) is 0 Å². The molecule has 170 valence electrons. The molecule has 1 heterocycles. The first-order valence-electron chi connectivity index (χ1n) is 9.45. The van der Waals surface area contributed by atoms with Crippen molar-refractivity contribution in [2.75, 3.05) is 11.9 Å². The van der Waals surface area contributed by atoms with Crippen molar-refractivity contribution in [2.24, 2.45) is 0 Å². The van der Waals surface area contributed by atoms with Gasteiger partial charge in [-0.2, -0.15) is 0 Å². The number of esters is 1. The van der Waals surface area contributed by atoms with E-state index in [1.165, 1.54) is 18.2 Å². The number of carbonyl (C=O) groups excluding carboxylic acids is 3. The van der Waals surface area contributed by atoms with E-state index in [-0.39, 0.29) is 16.4 Å². The first-order chi connectivity index (χ1) is 15.7. The Morgan fingerprint density at radius 1 is 1.18 bits per heavy atom. The number of rotatable bonds is 8. The zero-order chi connectivity index (χ0) is 24.0. The fourth-order valence-corrected chi connectivity index (χ4v) is 2.93. The lowest BCUT2D eigenvalue weighted by Crippen LogP contribution is -2.33. The van der Waals surface area contributed by atoms with Crippen molar-refractivity contribution in [1.29, 1.82) is 0 Å². The second-order valence-corrected chi connectivity index (χ2v) is 7.11. The summed E-state index contributed by atoms with van der Waals surface area (Å²) in [6, 6.07) is 13.2. The van der Waals surface area contributed by atoms with Crippen molar-refractivity contribution in [3.63, 3.8) is 0 Å². The summed E-state index contributed by atoms with van der Waals surface area (Å²) in [6.45, 7) is 1.06. The Hall–Kier alpha value is -4.25. The van der Waals surface area contributed by atoms with Crippen LogP contribution in [0, 0.1) is 17.0 Å². The summed E-state index contributed by atoms with van der Waals surface area (Å²) >= 11 is 5.73. The van der Waals surface area contributed by atoms with Crippen molar-refractivity contribution >= 4 is 40.9 Å². The number of hydrogen-bond acceptors (Lipinski definition) is 8. The number of nitrogens with zero attached hydrogens (tertiary/aromatic N) is 2. The quantitative estimate of drug-likeness (QED) is 0.288. The van der Waals surface area contributed by atoms with Gasteiger partial charge < -0.3 is 19.9 Å². The first-order valence-corrected chi connectivity index (χ1v) is 9.83. The van der Waals surface area contributed by atoms with E-state index >= 15 is 0 Å². The number of halogens is 1. The maximum atomic E-state index is 12.7. The van der Waals surface area contributed by atoms with Crippen LogP contribution in [0.2, 0.25) is 5.02 Å². The van der Waals surface area contributed by atoms with Crippen molar-refractivity contribution < 1.29 is 28.6 Å². The highest BCUT2D eigenvalue weighted by molar-refractivity contribution is 6.32. The van der Waals surface area contributed by atoms with Gasteiger partial charge in [0.05, 0.1) is 4.92 Å². The Morgan fingerprint density at radius 3 is 2.55 bits per heavy atom. The second kappa shape index (κ2) is 10.4. The van der Waals surface area contributed by atoms with Crippen LogP contribution in [0.4, 0.5) is 11.5 Å². The van der Waals surface area contributed by atoms with Gasteiger partial charge in [0.15, 0.2) is 5.82 Å². The second-order valence-electron chi connectivity index (χ2n) is 6.70. The highest BCUT2D eigenvalue weighted by Gasteiger charge is 2.26. The lowest BCUT2D eigenvalue weighted by Gasteiger charge is -2.17. The average Bonchev–Trinajstić information content (AvgIpc) is 3.20. The predicted molar refractivity (Wildman–Crippen MR) is 116 cm³/mol. The number of benzene rings is 2. The molecule has 0 aliphatic heterocycles. The Morgan fingerprint density at radius 2 is 1.91 bits per heavy atom. The van der Waals surface area contributed by atoms with E-state index in [4.69, 9.17) is 20.9 Å². The number of amides is 2. The Labute approximate surface area is 191 Å². The monoisotopic (exact) mass is 472 g/mol. The summed E-state index contributed by atoms with van der Waals surface area (Å²) in [7, 11) is 0. The van der Waals surface area contributed by atoms with Gasteiger partial charge in [-0.15, -0.1) is 0 Å². The summed E-state index contributed by atoms with van der Waals surface area (Å²) in [4.78, 5) is 47.6. The molecule has 0 spiro atoms. The molecule has 11 nitrogen and oxygen atoms in total. The minimum absolute atomic E-state index is 0.0716. The van der Waals surface area contributed by atoms with E-state index in [9.17, 15) is 24.5 Å². The van der Waals surface area contributed by atoms with Crippen LogP contribution in [0.1, 0.15) is 27.8 Å². The smallest absolute Gasteiger partial charge is 0.326 e. The third-order valence-corrected chi connectivity index (χ3v) is 4.59. The van der Waals surface area contributed by atoms with Crippen LogP contribution >= 0.6 is 11.6 Å². The highest BCUT2D eigenvalue weighted by atomic mass is 35.5. The Balaban J connectivity index is 1.67. The van der Waals surface area contributed by atoms with Crippen LogP contribution < -0.4 is 10.6 Å². The summed E-state index contributed by atoms with van der Waals surface area (Å²) in [5.74, 6) is -1.73. The van der Waals surface area contributed by atoms with Gasteiger partial charge in [0.2, 0.25) is 6.10 Å². The minimum Gasteiger partial charge on any atom is -0.446 e. The van der Waals surface area contributed by atoms with Crippen molar-refractivity contribution in [1.82, 2.24) is 10.5 Å². The number of nitro benzene ring substituents is 1. The molecule has 2 aromatic carbocycles. The number of anilines is 1. The van der Waals surface area contributed by atoms with Gasteiger partial charge in [0.1, 0.15) is 17.3 Å². The van der Waals surface area contributed by atoms with Gasteiger partial charge in [0, 0.05) is 23.3 Å². The summed E-state index contributed by atoms with van der Waals surface area (Å²) in [5, 5.41) is 19.3. The average molecular weight is 473 g/mol. The zero-order valence-electron chi connectivity index (χ0n) is 17.1. The van der Waals surface area contributed by atoms with E-state index in [0.717, 1.165) is 6.07 Å². The molecule has 0 aliphatic carbocycles. The van der Waals surface area contributed by atoms with E-state index < -0.39 is 41.0 Å². The fraction of sp³-hybridized carbons (Fsp3) is 0.143. The maximum absolute atomic E-state index is 12.7. The lowest BCUT2D eigenvalue weighted by atomic mass is 10.1. The third-order valence-electron chi connectivity index (χ3n) is 4.27. The van der Waals surface area contributed by atoms with E-state index in [0.29, 0.717) is 11.3 Å². The normalized spacial score (nSPS) is 11.3. The number of ether oxygens (including phenoxy) is 1. The van der Waals surface area contributed by atoms with E-state index in [1.807, 2.05) is 0 Å². The molecule has 1 unspecified atom stereocenters. The predicted octanol–water partition coefficient (Wildman–Crippen LogP) is 3.20. The fourth-order valence-electron chi connectivity index (χ4n) is 2.74. The lowest BCUT2D eigenvalue weighted by molar-refractivity contribution is -0.384. The number of nitrogens with one attached hydrogen (secondary N) is 2. The zero-order valence-corrected chi connectivity index (χ0v) is 17.9. The molecule has 12 heteroatoms. The first kappa shape index (κ1) is 23.4. The standard InChI is InChI=1S/C21H17ClN4O7/c1-12-9-17(25-33-12)24-21(29)19(13-5-3-2-4-6-13)32-18(27)11-23-20(28)14-7-8-15(22)16(10-14)26(30)31/h2-10,19H,11H2,1H3,(H,23,28)(H,24,25,29). The van der Waals surface area contributed by atoms with Gasteiger partial charge in [-0.3, -0.25) is 24.5 Å². The Kier molecular flexibility index (Phi) is 7.36. The van der Waals surface area contributed by atoms with Gasteiger partial charge >= 0.3 is 5.97 Å². The SMILES string of the molecule is Cc1cc(NC(=O)C(OC(=O)CNC(=O)c2ccc(Cl)c([N+](=O)[O-])c2)c2ccccc2)no1. The molecule has 3 aromatic rings. The highest BCUT2D eigenvalue weighted by Crippen LogP contribution is 2.25. The summed E-state index contributed by atoms with van der Waals surface area (Å²) in [5.41, 5.74) is -0.128. The molecular weight excluding hydrogens is 456 g/mol. The van der Waals surface area contributed by atoms with Gasteiger partial charge in [-0.1, -0.05) is 47.1 Å². The molecule has 0 fully saturated rings. The molecule has 1 atom stereocenters. The number of aryl methyl sites for hydroxylation is 1. The molecule has 33 heavy (non-hydrogen) atoms. The van der Waals surface area contributed by atoms with Gasteiger partial charge in [0.25, 0.3) is 17.5 Å². The van der Waals surface area contributed by atoms with Gasteiger partial charge in [-0.25, -0.2) is 0 Å². The van der Waals surface area contributed by atoms with Crippen LogP contribution in [-0.2, 0) is 14.3 Å². The minimum atomic E-state index is -1.33. The van der Waals surface area contributed by atoms with Crippen molar-refractivity contribution in [3.05, 3.63) is 86.6 Å². The van der Waals surface area contributed by atoms with Crippen LogP contribution in [-0.4, -0.2) is 34.4 Å². The number of aromatic nitrogens is 1. The number of hydrogen-bond donors (Lipinski definition) is 2. The van der Waals surface area contributed by atoms with Crippen molar-refractivity contribution in [2.45, 2.75) is 13.0 Å². The Bertz CT molecular complexity index is 1200. The maximum Gasteiger partial charge on any atom is 0.326 e. The largest absolute Gasteiger partial charge is 0.446 e. The van der Waals surface area contributed by atoms with Crippen LogP contribution in [0.25, 0.3) is 0 Å². The van der Waals surface area contributed by atoms with Crippen LogP contribution in [0.3, 0.4) is 0 Å². The molecule has 0 aliphatic rings. The summed E-state index contributed by atoms with van der Waals surface area (Å²) in [6.07, 6.45) is -1.33. The molecule has 0 bridgehead atoms. The third kappa shape index (κ3) is 6.14. The molecule has 0 radical (unpaired) electrons. The molecule has 2 amide bonds. The summed E-state index contributed by atoms with van der Waals surface area (Å²) < 4.78 is 10.2. The van der Waals surface area contributed by atoms with E-state index in [1.54, 1.807) is 37.3 Å². The molecule has 0 saturated carbocycles. The molecular formula is C21H17ClN4O7.